The molecule has 0 rings (SSSR count). The maximum atomic E-state index is 8.47. The topological polar surface area (TPSA) is 71.6 Å². The minimum Gasteiger partial charge on any atom is -0.263 e. The Hall–Kier alpha value is -0.640. The molecule has 4 heteroatoms. The smallest absolute Gasteiger partial charge is 0.263 e. The third kappa shape index (κ3) is 15.2. The molecule has 5 heavy (non-hydrogen) atoms. The van der Waals surface area contributed by atoms with E-state index in [1.807, 2.05) is 0 Å². The Morgan fingerprint density at radius 3 is 1.80 bits per heavy atom. The molecule has 0 heterocycles. The molecule has 0 saturated heterocycles. The van der Waals surface area contributed by atoms with E-state index in [-0.39, 0.29) is 5.48 Å². The van der Waals surface area contributed by atoms with Crippen LogP contribution in [0, 0.1) is 17.2 Å². The first-order valence-electron chi connectivity index (χ1n) is 0.589. The molecule has 0 aliphatic heterocycles. The van der Waals surface area contributed by atoms with Crippen LogP contribution in [-0.4, -0.2) is 4.92 Å². The zero-order chi connectivity index (χ0) is 3.58. The predicted octanol–water partition coefficient (Wildman–Crippen LogP) is -0.310. The summed E-state index contributed by atoms with van der Waals surface area (Å²) in [7, 11) is 5.31. The van der Waals surface area contributed by atoms with E-state index in [9.17, 15) is 0 Å². The van der Waals surface area contributed by atoms with Crippen molar-refractivity contribution in [3.05, 3.63) is 17.2 Å². The van der Waals surface area contributed by atoms with Crippen molar-refractivity contribution in [2.75, 3.05) is 0 Å². The van der Waals surface area contributed by atoms with Gasteiger partial charge in [0.2, 0.25) is 0 Å². The molecule has 0 spiro atoms. The van der Waals surface area contributed by atoms with Crippen LogP contribution in [0.25, 0.3) is 0 Å². The summed E-state index contributed by atoms with van der Waals surface area (Å²) in [5, 5.41) is 8.47. The summed E-state index contributed by atoms with van der Waals surface area (Å²) in [6.45, 7) is 0. The van der Waals surface area contributed by atoms with Gasteiger partial charge in [0.15, 0.2) is 0 Å². The van der Waals surface area contributed by atoms with Crippen molar-refractivity contribution in [1.29, 1.82) is 0 Å². The molecule has 0 fully saturated rings. The zero-order valence-corrected chi connectivity index (χ0v) is 2.17. The van der Waals surface area contributed by atoms with Crippen molar-refractivity contribution in [2.45, 2.75) is 0 Å². The highest BCUT2D eigenvalue weighted by Crippen LogP contribution is 1.45. The van der Waals surface area contributed by atoms with Crippen molar-refractivity contribution in [3.63, 3.8) is 0 Å². The van der Waals surface area contributed by atoms with Gasteiger partial charge in [-0.25, -0.2) is 0 Å². The lowest BCUT2D eigenvalue weighted by atomic mass is 11.5. The van der Waals surface area contributed by atoms with Gasteiger partial charge in [-0.05, 0) is 0 Å². The maximum absolute atomic E-state index is 8.47. The summed E-state index contributed by atoms with van der Waals surface area (Å²) in [6.07, 6.45) is 0. The van der Waals surface area contributed by atoms with Crippen LogP contribution in [0.2, 0.25) is 0 Å². The van der Waals surface area contributed by atoms with E-state index in [0.29, 0.717) is 0 Å². The predicted molar refractivity (Wildman–Crippen MR) is 10.9 cm³/mol. The molecule has 0 aliphatic carbocycles. The number of nitrogens with zero attached hydrogens (tertiary/aromatic N) is 1. The van der Waals surface area contributed by atoms with E-state index in [0.717, 1.165) is 0 Å². The second kappa shape index (κ2) is 3.36. The summed E-state index contributed by atoms with van der Waals surface area (Å²) in [4.78, 5) is 7.22. The van der Waals surface area contributed by atoms with Gasteiger partial charge >= 0.3 is 7.05 Å². The zero-order valence-electron chi connectivity index (χ0n) is 2.17. The molecule has 5 radical (unpaired) electrons. The summed E-state index contributed by atoms with van der Waals surface area (Å²) < 4.78 is 0. The Labute approximate surface area is 28.9 Å². The van der Waals surface area contributed by atoms with Gasteiger partial charge in [0.25, 0.3) is 0 Å². The van der Waals surface area contributed by atoms with Crippen LogP contribution in [0.15, 0.2) is 0 Å². The fourth-order valence-corrected chi connectivity index (χ4v) is 0. The lowest BCUT2D eigenvalue weighted by molar-refractivity contribution is -0.410. The van der Waals surface area contributed by atoms with Crippen LogP contribution in [0.4, 0.5) is 0 Å². The Balaban J connectivity index is 0. The Morgan fingerprint density at radius 1 is 1.80 bits per heavy atom. The van der Waals surface area contributed by atoms with Crippen LogP contribution in [-0.2, 0) is 5.48 Å². The van der Waals surface area contributed by atoms with E-state index in [1.165, 1.54) is 0 Å². The maximum Gasteiger partial charge on any atom is 0.474 e. The fourth-order valence-electron chi connectivity index (χ4n) is 0. The van der Waals surface area contributed by atoms with Crippen molar-refractivity contribution in [1.82, 2.24) is 0 Å². The van der Waals surface area contributed by atoms with Gasteiger partial charge in [0.05, 0.1) is 4.92 Å². The summed E-state index contributed by atoms with van der Waals surface area (Å²) >= 11 is 0. The first-order valence-corrected chi connectivity index (χ1v) is 0.589. The largest absolute Gasteiger partial charge is 0.474 e. The molecule has 0 bridgehead atoms. The van der Waals surface area contributed by atoms with Crippen LogP contribution < -0.4 is 0 Å². The molecule has 4 nitrogen and oxygen atoms in total. The lowest BCUT2D eigenvalue weighted by Crippen LogP contribution is -1.74. The molecule has 0 unspecified atom stereocenters. The second-order valence-electron chi connectivity index (χ2n) is 0.257. The number of hydrogen-bond acceptors (Lipinski definition) is 2. The molecule has 0 aliphatic rings. The van der Waals surface area contributed by atoms with Crippen LogP contribution in [0.1, 0.15) is 0 Å². The third-order valence-corrected chi connectivity index (χ3v) is 0. The monoisotopic (exact) mass is 74.0 g/mol. The third-order valence-electron chi connectivity index (χ3n) is 0. The van der Waals surface area contributed by atoms with Gasteiger partial charge < -0.3 is 0 Å². The van der Waals surface area contributed by atoms with Crippen LogP contribution >= 0.6 is 0 Å². The van der Waals surface area contributed by atoms with Crippen molar-refractivity contribution < 1.29 is 10.4 Å². The van der Waals surface area contributed by atoms with Gasteiger partial charge in [-0.2, -0.15) is 0 Å². The summed E-state index contributed by atoms with van der Waals surface area (Å²) in [5.74, 6) is 0. The standard InChI is InChI=1S/CNO2.O/c1-2(3)4;. The van der Waals surface area contributed by atoms with Gasteiger partial charge in [-0.15, -0.1) is 0 Å². The molecule has 0 saturated carbocycles. The average Bonchev–Trinajstić information content (AvgIpc) is 0.811. The highest BCUT2D eigenvalue weighted by molar-refractivity contribution is 3.99. The van der Waals surface area contributed by atoms with Crippen LogP contribution in [0.5, 0.6) is 0 Å². The summed E-state index contributed by atoms with van der Waals surface area (Å²) in [5.41, 5.74) is 0. The molecule has 27 valence electrons. The van der Waals surface area contributed by atoms with Gasteiger partial charge in [-0.3, -0.25) is 10.1 Å². The quantitative estimate of drug-likeness (QED) is 0.292. The highest BCUT2D eigenvalue weighted by Gasteiger charge is 1.67. The first kappa shape index (κ1) is 8.84. The Kier molecular flexibility index (Phi) is 5.94. The molecular weight excluding hydrogens is 74.0 g/mol. The first-order chi connectivity index (χ1) is 1.73. The Bertz CT molecular complexity index is 29.9. The molecule has 0 aromatic heterocycles. The molecule has 0 aromatic rings. The number of rotatable bonds is 0. The Morgan fingerprint density at radius 2 is 1.80 bits per heavy atom. The highest BCUT2D eigenvalue weighted by atomic mass is 16.6. The average molecular weight is 74.0 g/mol. The minimum absolute atomic E-state index is 0. The van der Waals surface area contributed by atoms with E-state index < -0.39 is 4.92 Å². The second-order valence-corrected chi connectivity index (χ2v) is 0.257. The van der Waals surface area contributed by atoms with Gasteiger partial charge in [0, 0.05) is 5.48 Å². The van der Waals surface area contributed by atoms with Crippen molar-refractivity contribution >= 4 is 0 Å². The molecule has 0 amide bonds. The van der Waals surface area contributed by atoms with Crippen molar-refractivity contribution in [3.8, 4) is 0 Å². The lowest BCUT2D eigenvalue weighted by Gasteiger charge is -1.58. The number of nitro groups is 1. The normalized spacial score (nSPS) is 5.00. The minimum atomic E-state index is -1.25. The SMILES string of the molecule is [C][N+](=O)[O-].[O]. The van der Waals surface area contributed by atoms with Gasteiger partial charge in [-0.1, -0.05) is 0 Å². The molecule has 0 N–H and O–H groups in total. The van der Waals surface area contributed by atoms with E-state index in [2.05, 4.69) is 0 Å². The number of hydrogen-bond donors (Lipinski definition) is 0. The van der Waals surface area contributed by atoms with E-state index >= 15 is 0 Å². The van der Waals surface area contributed by atoms with E-state index in [4.69, 9.17) is 17.2 Å². The molecule has 0 aromatic carbocycles. The summed E-state index contributed by atoms with van der Waals surface area (Å²) in [6, 6.07) is 0. The van der Waals surface area contributed by atoms with Crippen molar-refractivity contribution in [2.24, 2.45) is 0 Å². The van der Waals surface area contributed by atoms with Gasteiger partial charge in [0.1, 0.15) is 0 Å². The molecular formula is CNO3. The fraction of sp³-hybridized carbons (Fsp3) is 0. The van der Waals surface area contributed by atoms with Crippen LogP contribution in [0.3, 0.4) is 0 Å². The molecule has 0 atom stereocenters. The van der Waals surface area contributed by atoms with E-state index in [1.54, 1.807) is 0 Å².